The van der Waals surface area contributed by atoms with Gasteiger partial charge in [-0.25, -0.2) is 15.0 Å². The van der Waals surface area contributed by atoms with Crippen molar-refractivity contribution in [3.8, 4) is 0 Å². The molecule has 15 heteroatoms. The van der Waals surface area contributed by atoms with Crippen molar-refractivity contribution in [2.75, 3.05) is 64.6 Å². The van der Waals surface area contributed by atoms with Gasteiger partial charge < -0.3 is 46.9 Å². The van der Waals surface area contributed by atoms with Gasteiger partial charge in [0.15, 0.2) is 23.8 Å². The highest BCUT2D eigenvalue weighted by Crippen LogP contribution is 2.32. The van der Waals surface area contributed by atoms with E-state index in [9.17, 15) is 19.8 Å². The minimum atomic E-state index is -1.43. The Bertz CT molecular complexity index is 1100. The molecule has 2 aliphatic heterocycles. The van der Waals surface area contributed by atoms with E-state index in [4.69, 9.17) is 10.5 Å². The summed E-state index contributed by atoms with van der Waals surface area (Å²) in [5.74, 6) is -0.183. The number of aromatic nitrogens is 4. The zero-order valence-corrected chi connectivity index (χ0v) is 23.5. The number of nitrogens with one attached hydrogen (secondary N) is 4. The molecule has 8 N–H and O–H groups in total. The molecule has 228 valence electrons. The van der Waals surface area contributed by atoms with E-state index >= 15 is 0 Å². The Kier molecular flexibility index (Phi) is 12.0. The fourth-order valence-corrected chi connectivity index (χ4v) is 5.07. The number of amides is 2. The van der Waals surface area contributed by atoms with Crippen LogP contribution in [0.15, 0.2) is 12.7 Å². The molecular weight excluding hydrogens is 532 g/mol. The quantitative estimate of drug-likeness (QED) is 0.172. The van der Waals surface area contributed by atoms with Crippen LogP contribution in [0.5, 0.6) is 0 Å². The third-order valence-electron chi connectivity index (χ3n) is 7.40. The lowest BCUT2D eigenvalue weighted by atomic mass is 10.1. The number of carbonyl (C=O) groups is 2. The van der Waals surface area contributed by atoms with Crippen molar-refractivity contribution in [1.82, 2.24) is 45.7 Å². The minimum absolute atomic E-state index is 0.158. The molecule has 2 aromatic heterocycles. The SMILES string of the molecule is Nc1ncnc2c1ncn2C1OC(C(=O)NCCCCCC(=O)N2CCCNCCNCCCNCC2)C(O)C1O. The highest BCUT2D eigenvalue weighted by Gasteiger charge is 2.47. The first-order chi connectivity index (χ1) is 20.0. The fourth-order valence-electron chi connectivity index (χ4n) is 5.07. The number of fused-ring (bicyclic) bond motifs is 1. The van der Waals surface area contributed by atoms with Gasteiger partial charge in [-0.15, -0.1) is 0 Å². The number of rotatable bonds is 8. The molecule has 15 nitrogen and oxygen atoms in total. The van der Waals surface area contributed by atoms with E-state index in [0.29, 0.717) is 37.1 Å². The Morgan fingerprint density at radius 3 is 2.51 bits per heavy atom. The van der Waals surface area contributed by atoms with Crippen molar-refractivity contribution >= 4 is 28.8 Å². The molecular formula is C26H44N10O5. The van der Waals surface area contributed by atoms with Crippen LogP contribution < -0.4 is 27.0 Å². The largest absolute Gasteiger partial charge is 0.387 e. The summed E-state index contributed by atoms with van der Waals surface area (Å²) in [5, 5.41) is 34.1. The lowest BCUT2D eigenvalue weighted by Crippen LogP contribution is -2.43. The Morgan fingerprint density at radius 2 is 1.71 bits per heavy atom. The van der Waals surface area contributed by atoms with E-state index in [1.54, 1.807) is 0 Å². The third kappa shape index (κ3) is 8.53. The molecule has 4 atom stereocenters. The van der Waals surface area contributed by atoms with Crippen molar-refractivity contribution in [2.45, 2.75) is 63.1 Å². The second kappa shape index (κ2) is 15.9. The Labute approximate surface area is 239 Å². The van der Waals surface area contributed by atoms with E-state index in [0.717, 1.165) is 71.5 Å². The monoisotopic (exact) mass is 576 g/mol. The Balaban J connectivity index is 1.16. The molecule has 4 rings (SSSR count). The van der Waals surface area contributed by atoms with Gasteiger partial charge in [0, 0.05) is 45.7 Å². The zero-order chi connectivity index (χ0) is 29.0. The summed E-state index contributed by atoms with van der Waals surface area (Å²) in [5.41, 5.74) is 6.48. The summed E-state index contributed by atoms with van der Waals surface area (Å²) in [7, 11) is 0. The van der Waals surface area contributed by atoms with E-state index in [-0.39, 0.29) is 11.7 Å². The fraction of sp³-hybridized carbons (Fsp3) is 0.731. The van der Waals surface area contributed by atoms with Crippen molar-refractivity contribution in [2.24, 2.45) is 0 Å². The van der Waals surface area contributed by atoms with Crippen LogP contribution >= 0.6 is 0 Å². The van der Waals surface area contributed by atoms with Crippen LogP contribution in [0.3, 0.4) is 0 Å². The molecule has 0 aliphatic carbocycles. The second-order valence-corrected chi connectivity index (χ2v) is 10.5. The average Bonchev–Trinajstić information content (AvgIpc) is 3.53. The number of hydrogen-bond acceptors (Lipinski definition) is 12. The maximum Gasteiger partial charge on any atom is 0.252 e. The number of imidazole rings is 1. The minimum Gasteiger partial charge on any atom is -0.387 e. The summed E-state index contributed by atoms with van der Waals surface area (Å²) < 4.78 is 7.15. The molecule has 0 radical (unpaired) electrons. The smallest absolute Gasteiger partial charge is 0.252 e. The summed E-state index contributed by atoms with van der Waals surface area (Å²) in [6, 6.07) is 0. The number of nitrogens with two attached hydrogens (primary N) is 1. The van der Waals surface area contributed by atoms with Gasteiger partial charge in [0.05, 0.1) is 6.33 Å². The molecule has 41 heavy (non-hydrogen) atoms. The first kappa shape index (κ1) is 31.0. The van der Waals surface area contributed by atoms with Gasteiger partial charge in [0.1, 0.15) is 24.1 Å². The van der Waals surface area contributed by atoms with Crippen LogP contribution in [0.2, 0.25) is 0 Å². The van der Waals surface area contributed by atoms with E-state index in [1.165, 1.54) is 17.2 Å². The topological polar surface area (TPSA) is 205 Å². The maximum absolute atomic E-state index is 12.9. The molecule has 2 saturated heterocycles. The third-order valence-corrected chi connectivity index (χ3v) is 7.40. The van der Waals surface area contributed by atoms with Crippen LogP contribution in [-0.2, 0) is 14.3 Å². The molecule has 4 heterocycles. The molecule has 0 saturated carbocycles. The van der Waals surface area contributed by atoms with E-state index in [2.05, 4.69) is 36.2 Å². The molecule has 2 aromatic rings. The van der Waals surface area contributed by atoms with Crippen LogP contribution in [0.4, 0.5) is 5.82 Å². The second-order valence-electron chi connectivity index (χ2n) is 10.5. The number of nitrogens with zero attached hydrogens (tertiary/aromatic N) is 5. The highest BCUT2D eigenvalue weighted by atomic mass is 16.6. The summed E-state index contributed by atoms with van der Waals surface area (Å²) in [6.45, 7) is 7.28. The highest BCUT2D eigenvalue weighted by molar-refractivity contribution is 5.82. The van der Waals surface area contributed by atoms with Crippen molar-refractivity contribution < 1.29 is 24.5 Å². The van der Waals surface area contributed by atoms with Gasteiger partial charge in [0.25, 0.3) is 5.91 Å². The molecule has 0 aromatic carbocycles. The number of unbranched alkanes of at least 4 members (excludes halogenated alkanes) is 2. The Morgan fingerprint density at radius 1 is 0.951 bits per heavy atom. The van der Waals surface area contributed by atoms with Crippen molar-refractivity contribution in [3.05, 3.63) is 12.7 Å². The van der Waals surface area contributed by atoms with Gasteiger partial charge in [0.2, 0.25) is 5.91 Å². The van der Waals surface area contributed by atoms with E-state index in [1.807, 2.05) is 4.90 Å². The molecule has 2 amide bonds. The number of hydrogen-bond donors (Lipinski definition) is 7. The molecule has 4 unspecified atom stereocenters. The lowest BCUT2D eigenvalue weighted by molar-refractivity contribution is -0.137. The van der Waals surface area contributed by atoms with Gasteiger partial charge >= 0.3 is 0 Å². The molecule has 0 spiro atoms. The van der Waals surface area contributed by atoms with Gasteiger partial charge in [-0.05, 0) is 45.3 Å². The van der Waals surface area contributed by atoms with Gasteiger partial charge in [-0.2, -0.15) is 0 Å². The standard InChI is InChI=1S/C26H44N10O5/c27-23-19-24(33-16-32-23)36(17-34-19)26-21(39)20(38)22(41-26)25(40)31-10-3-1-2-6-18(37)35-14-5-9-29-12-11-28-7-4-8-30-13-15-35/h16-17,20-22,26,28-30,38-39H,1-15H2,(H,31,40)(H2,27,32,33). The average molecular weight is 577 g/mol. The zero-order valence-electron chi connectivity index (χ0n) is 23.5. The number of aliphatic hydroxyl groups excluding tert-OH is 2. The van der Waals surface area contributed by atoms with Gasteiger partial charge in [-0.3, -0.25) is 14.2 Å². The first-order valence-corrected chi connectivity index (χ1v) is 14.6. The number of carbonyl (C=O) groups excluding carboxylic acids is 2. The molecule has 2 fully saturated rings. The molecule has 0 bridgehead atoms. The lowest BCUT2D eigenvalue weighted by Gasteiger charge is -2.23. The van der Waals surface area contributed by atoms with Crippen LogP contribution in [0, 0.1) is 0 Å². The van der Waals surface area contributed by atoms with Crippen LogP contribution in [0.1, 0.15) is 44.8 Å². The van der Waals surface area contributed by atoms with Gasteiger partial charge in [-0.1, -0.05) is 6.42 Å². The van der Waals surface area contributed by atoms with Crippen LogP contribution in [-0.4, -0.2) is 124 Å². The summed E-state index contributed by atoms with van der Waals surface area (Å²) in [6.07, 6.45) is 2.15. The number of ether oxygens (including phenoxy) is 1. The predicted octanol–water partition coefficient (Wildman–Crippen LogP) is -1.90. The summed E-state index contributed by atoms with van der Waals surface area (Å²) >= 11 is 0. The summed E-state index contributed by atoms with van der Waals surface area (Å²) in [4.78, 5) is 39.7. The number of aliphatic hydroxyl groups is 2. The normalized spacial score (nSPS) is 25.2. The predicted molar refractivity (Wildman–Crippen MR) is 152 cm³/mol. The van der Waals surface area contributed by atoms with E-state index < -0.39 is 30.4 Å². The Hall–Kier alpha value is -2.95. The van der Waals surface area contributed by atoms with Crippen molar-refractivity contribution in [1.29, 1.82) is 0 Å². The molecule has 2 aliphatic rings. The van der Waals surface area contributed by atoms with Crippen molar-refractivity contribution in [3.63, 3.8) is 0 Å². The maximum atomic E-state index is 12.9. The number of anilines is 1. The number of nitrogen functional groups attached to an aromatic ring is 1. The first-order valence-electron chi connectivity index (χ1n) is 14.6. The van der Waals surface area contributed by atoms with Crippen LogP contribution in [0.25, 0.3) is 11.2 Å².